The Kier molecular flexibility index (Phi) is 24.5. The van der Waals surface area contributed by atoms with Crippen molar-refractivity contribution in [3.63, 3.8) is 0 Å². The number of hydrogen-bond donors (Lipinski definition) is 1. The zero-order valence-corrected chi connectivity index (χ0v) is 34.3. The second-order valence-electron chi connectivity index (χ2n) is 15.2. The second-order valence-corrected chi connectivity index (χ2v) is 15.2. The lowest BCUT2D eigenvalue weighted by Gasteiger charge is -2.15. The molecule has 298 valence electrons. The van der Waals surface area contributed by atoms with Crippen molar-refractivity contribution in [3.05, 3.63) is 45.3 Å². The van der Waals surface area contributed by atoms with Gasteiger partial charge in [0.05, 0.1) is 6.61 Å². The van der Waals surface area contributed by atoms with Crippen molar-refractivity contribution >= 4 is 11.9 Å². The van der Waals surface area contributed by atoms with E-state index in [1.807, 2.05) is 0 Å². The average Bonchev–Trinajstić information content (AvgIpc) is 3.56. The summed E-state index contributed by atoms with van der Waals surface area (Å²) in [5.74, 6) is 4.07. The molecule has 2 aromatic rings. The SMILES string of the molecule is CCCCCc1oc(CCCCCCCCCCC(=O)OC[C@H](CO)OC(=O)CCCCCCCCc2oc(CCCCC)c(C)c2C)c(C)c1C. The van der Waals surface area contributed by atoms with E-state index in [-0.39, 0.29) is 25.2 Å². The quantitative estimate of drug-likeness (QED) is 0.0591. The predicted molar refractivity (Wildman–Crippen MR) is 212 cm³/mol. The molecule has 0 unspecified atom stereocenters. The first-order valence-electron chi connectivity index (χ1n) is 21.3. The van der Waals surface area contributed by atoms with Gasteiger partial charge in [0.1, 0.15) is 29.6 Å². The summed E-state index contributed by atoms with van der Waals surface area (Å²) in [6, 6.07) is 0. The molecule has 7 heteroatoms. The van der Waals surface area contributed by atoms with Gasteiger partial charge in [-0.25, -0.2) is 0 Å². The molecule has 0 aliphatic rings. The smallest absolute Gasteiger partial charge is 0.306 e. The molecular weight excluding hydrogens is 652 g/mol. The fraction of sp³-hybridized carbons (Fsp3) is 0.778. The van der Waals surface area contributed by atoms with Crippen molar-refractivity contribution in [1.82, 2.24) is 0 Å². The number of aliphatic hydroxyl groups excluding tert-OH is 1. The maximum absolute atomic E-state index is 12.3. The zero-order valence-electron chi connectivity index (χ0n) is 34.3. The number of carbonyl (C=O) groups is 2. The minimum absolute atomic E-state index is 0.0900. The monoisotopic (exact) mass is 729 g/mol. The summed E-state index contributed by atoms with van der Waals surface area (Å²) < 4.78 is 23.1. The van der Waals surface area contributed by atoms with Crippen LogP contribution >= 0.6 is 0 Å². The van der Waals surface area contributed by atoms with Crippen LogP contribution in [-0.2, 0) is 44.7 Å². The number of aryl methyl sites for hydroxylation is 4. The Bertz CT molecular complexity index is 1240. The fourth-order valence-electron chi connectivity index (χ4n) is 6.97. The van der Waals surface area contributed by atoms with Crippen LogP contribution in [-0.4, -0.2) is 36.4 Å². The van der Waals surface area contributed by atoms with Crippen molar-refractivity contribution in [1.29, 1.82) is 0 Å². The molecule has 7 nitrogen and oxygen atoms in total. The van der Waals surface area contributed by atoms with E-state index in [4.69, 9.17) is 18.3 Å². The fourth-order valence-corrected chi connectivity index (χ4v) is 6.97. The van der Waals surface area contributed by atoms with Gasteiger partial charge in [-0.1, -0.05) is 104 Å². The lowest BCUT2D eigenvalue weighted by molar-refractivity contribution is -0.161. The highest BCUT2D eigenvalue weighted by Crippen LogP contribution is 2.26. The van der Waals surface area contributed by atoms with E-state index in [1.165, 1.54) is 110 Å². The first-order valence-corrected chi connectivity index (χ1v) is 21.3. The van der Waals surface area contributed by atoms with Gasteiger partial charge in [-0.05, 0) is 88.5 Å². The number of carbonyl (C=O) groups excluding carboxylic acids is 2. The molecule has 2 aromatic heterocycles. The van der Waals surface area contributed by atoms with Crippen LogP contribution in [0.1, 0.15) is 200 Å². The lowest BCUT2D eigenvalue weighted by atomic mass is 10.0. The Balaban J connectivity index is 1.42. The number of rotatable bonds is 32. The van der Waals surface area contributed by atoms with Gasteiger partial charge in [0.25, 0.3) is 0 Å². The second kappa shape index (κ2) is 28.0. The number of esters is 2. The average molecular weight is 729 g/mol. The summed E-state index contributed by atoms with van der Waals surface area (Å²) >= 11 is 0. The first kappa shape index (κ1) is 45.6. The van der Waals surface area contributed by atoms with E-state index in [0.29, 0.717) is 12.8 Å². The molecule has 2 heterocycles. The molecule has 1 N–H and O–H groups in total. The highest BCUT2D eigenvalue weighted by Gasteiger charge is 2.17. The Morgan fingerprint density at radius 1 is 0.500 bits per heavy atom. The minimum atomic E-state index is -0.800. The van der Waals surface area contributed by atoms with Crippen molar-refractivity contribution < 1.29 is 33.0 Å². The third-order valence-electron chi connectivity index (χ3n) is 10.8. The van der Waals surface area contributed by atoms with Crippen LogP contribution in [0.3, 0.4) is 0 Å². The van der Waals surface area contributed by atoms with Gasteiger partial charge in [0, 0.05) is 38.5 Å². The third kappa shape index (κ3) is 18.5. The molecule has 0 saturated carbocycles. The molecule has 0 bridgehead atoms. The molecule has 0 radical (unpaired) electrons. The van der Waals surface area contributed by atoms with Crippen LogP contribution in [0.25, 0.3) is 0 Å². The van der Waals surface area contributed by atoms with E-state index < -0.39 is 6.10 Å². The maximum atomic E-state index is 12.3. The van der Waals surface area contributed by atoms with Crippen LogP contribution in [0.15, 0.2) is 8.83 Å². The standard InChI is InChI=1S/C45H76O7/c1-7-9-21-27-40-35(3)37(5)42(51-40)29-23-17-13-11-12-14-19-25-31-44(47)49-34-39(33-46)50-45(48)32-26-20-16-15-18-24-30-43-38(6)36(4)41(52-43)28-22-10-8-2/h39,46H,7-34H2,1-6H3/t39-/m0/s1. The number of unbranched alkanes of at least 4 members (excludes halogenated alkanes) is 16. The van der Waals surface area contributed by atoms with E-state index in [0.717, 1.165) is 89.2 Å². The molecule has 0 aliphatic heterocycles. The van der Waals surface area contributed by atoms with Crippen molar-refractivity contribution in [2.24, 2.45) is 0 Å². The molecule has 52 heavy (non-hydrogen) atoms. The number of furan rings is 2. The van der Waals surface area contributed by atoms with E-state index >= 15 is 0 Å². The Morgan fingerprint density at radius 3 is 1.19 bits per heavy atom. The van der Waals surface area contributed by atoms with Crippen molar-refractivity contribution in [2.45, 2.75) is 215 Å². The summed E-state index contributed by atoms with van der Waals surface area (Å²) in [7, 11) is 0. The lowest BCUT2D eigenvalue weighted by Crippen LogP contribution is -2.28. The molecule has 0 saturated heterocycles. The molecule has 0 aromatic carbocycles. The van der Waals surface area contributed by atoms with Crippen molar-refractivity contribution in [3.8, 4) is 0 Å². The highest BCUT2D eigenvalue weighted by atomic mass is 16.6. The molecule has 2 rings (SSSR count). The van der Waals surface area contributed by atoms with Gasteiger partial charge < -0.3 is 23.4 Å². The minimum Gasteiger partial charge on any atom is -0.466 e. The summed E-state index contributed by atoms with van der Waals surface area (Å²) in [5, 5.41) is 9.63. The largest absolute Gasteiger partial charge is 0.466 e. The molecule has 0 aliphatic carbocycles. The molecule has 1 atom stereocenters. The Labute approximate surface area is 317 Å². The van der Waals surface area contributed by atoms with Crippen molar-refractivity contribution in [2.75, 3.05) is 13.2 Å². The topological polar surface area (TPSA) is 99.1 Å². The van der Waals surface area contributed by atoms with Gasteiger partial charge >= 0.3 is 11.9 Å². The van der Waals surface area contributed by atoms with Crippen LogP contribution in [0.5, 0.6) is 0 Å². The molecule has 0 fully saturated rings. The maximum Gasteiger partial charge on any atom is 0.306 e. The molecule has 0 spiro atoms. The number of aliphatic hydroxyl groups is 1. The van der Waals surface area contributed by atoms with Gasteiger partial charge in [0.2, 0.25) is 0 Å². The Hall–Kier alpha value is -2.54. The number of hydrogen-bond acceptors (Lipinski definition) is 7. The van der Waals surface area contributed by atoms with Crippen LogP contribution in [0, 0.1) is 27.7 Å². The number of ether oxygens (including phenoxy) is 2. The van der Waals surface area contributed by atoms with Gasteiger partial charge in [-0.15, -0.1) is 0 Å². The zero-order chi connectivity index (χ0) is 38.0. The summed E-state index contributed by atoms with van der Waals surface area (Å²) in [6.07, 6.45) is 26.6. The van der Waals surface area contributed by atoms with Gasteiger partial charge in [0.15, 0.2) is 6.10 Å². The summed E-state index contributed by atoms with van der Waals surface area (Å²) in [5.41, 5.74) is 5.35. The molecule has 0 amide bonds. The normalized spacial score (nSPS) is 12.1. The molecular formula is C45H76O7. The predicted octanol–water partition coefficient (Wildman–Crippen LogP) is 12.0. The summed E-state index contributed by atoms with van der Waals surface area (Å²) in [4.78, 5) is 24.5. The van der Waals surface area contributed by atoms with E-state index in [9.17, 15) is 14.7 Å². The van der Waals surface area contributed by atoms with E-state index in [2.05, 4.69) is 41.5 Å². The highest BCUT2D eigenvalue weighted by molar-refractivity contribution is 5.70. The summed E-state index contributed by atoms with van der Waals surface area (Å²) in [6.45, 7) is 12.8. The first-order chi connectivity index (χ1) is 25.2. The van der Waals surface area contributed by atoms with Gasteiger partial charge in [-0.2, -0.15) is 0 Å². The third-order valence-corrected chi connectivity index (χ3v) is 10.8. The Morgan fingerprint density at radius 2 is 0.827 bits per heavy atom. The van der Waals surface area contributed by atoms with Crippen LogP contribution < -0.4 is 0 Å². The van der Waals surface area contributed by atoms with Crippen LogP contribution in [0.2, 0.25) is 0 Å². The van der Waals surface area contributed by atoms with Gasteiger partial charge in [-0.3, -0.25) is 9.59 Å². The van der Waals surface area contributed by atoms with Crippen LogP contribution in [0.4, 0.5) is 0 Å². The van der Waals surface area contributed by atoms with E-state index in [1.54, 1.807) is 0 Å².